The van der Waals surface area contributed by atoms with E-state index in [0.29, 0.717) is 0 Å². The predicted octanol–water partition coefficient (Wildman–Crippen LogP) is 4.93. The average molecular weight is 340 g/mol. The van der Waals surface area contributed by atoms with Crippen LogP contribution in [0.25, 0.3) is 0 Å². The summed E-state index contributed by atoms with van der Waals surface area (Å²) in [6.45, 7) is 2.25. The molecule has 1 unspecified atom stereocenters. The Morgan fingerprint density at radius 1 is 0.895 bits per heavy atom. The van der Waals surface area contributed by atoms with E-state index in [2.05, 4.69) is 19.1 Å². The fraction of sp³-hybridized carbons (Fsp3) is 0.933. The first-order valence-electron chi connectivity index (χ1n) is 7.56. The Balaban J connectivity index is 0. The van der Waals surface area contributed by atoms with Crippen LogP contribution in [0.4, 0.5) is 0 Å². The van der Waals surface area contributed by atoms with Crippen LogP contribution in [-0.2, 0) is 19.5 Å². The standard InChI is InChI=1S/C15H30O2S.Zn/c1-2-3-4-5-6-7-8-9-10-11-12-14(16)13-15(17)18;/h14,16H,2-13H2,1H3,(H,17,18);. The summed E-state index contributed by atoms with van der Waals surface area (Å²) in [6, 6.07) is 0. The Labute approximate surface area is 137 Å². The molecule has 1 atom stereocenters. The van der Waals surface area contributed by atoms with Crippen LogP contribution >= 0.6 is 12.2 Å². The maximum Gasteiger partial charge on any atom is 0.159 e. The SMILES string of the molecule is CCCCCCCCCCCCC(O)CC(O)=S.[Zn]. The summed E-state index contributed by atoms with van der Waals surface area (Å²) in [5.41, 5.74) is 0. The monoisotopic (exact) mass is 338 g/mol. The average Bonchev–Trinajstić information content (AvgIpc) is 2.30. The molecule has 0 saturated heterocycles. The minimum absolute atomic E-state index is 0. The van der Waals surface area contributed by atoms with E-state index in [0.717, 1.165) is 12.8 Å². The van der Waals surface area contributed by atoms with E-state index in [9.17, 15) is 5.11 Å². The third-order valence-electron chi connectivity index (χ3n) is 3.30. The molecule has 0 heterocycles. The van der Waals surface area contributed by atoms with Crippen molar-refractivity contribution in [3.05, 3.63) is 0 Å². The fourth-order valence-electron chi connectivity index (χ4n) is 2.17. The quantitative estimate of drug-likeness (QED) is 0.284. The Hall–Kier alpha value is 0.473. The number of hydrogen-bond donors (Lipinski definition) is 2. The maximum absolute atomic E-state index is 9.50. The Morgan fingerprint density at radius 2 is 1.32 bits per heavy atom. The van der Waals surface area contributed by atoms with Crippen molar-refractivity contribution in [1.29, 1.82) is 0 Å². The van der Waals surface area contributed by atoms with Crippen molar-refractivity contribution in [2.45, 2.75) is 90.1 Å². The van der Waals surface area contributed by atoms with E-state index >= 15 is 0 Å². The number of aliphatic hydroxyl groups excluding tert-OH is 2. The molecule has 0 aliphatic heterocycles. The summed E-state index contributed by atoms with van der Waals surface area (Å²) < 4.78 is 0. The number of hydrogen-bond acceptors (Lipinski definition) is 2. The minimum Gasteiger partial charge on any atom is -0.502 e. The molecule has 0 aromatic carbocycles. The van der Waals surface area contributed by atoms with E-state index in [1.54, 1.807) is 0 Å². The van der Waals surface area contributed by atoms with Crippen LogP contribution in [0.5, 0.6) is 0 Å². The fourth-order valence-corrected chi connectivity index (χ4v) is 2.36. The van der Waals surface area contributed by atoms with Crippen molar-refractivity contribution >= 4 is 17.3 Å². The third-order valence-corrected chi connectivity index (χ3v) is 3.47. The first-order chi connectivity index (χ1) is 8.66. The van der Waals surface area contributed by atoms with Gasteiger partial charge in [0.2, 0.25) is 0 Å². The van der Waals surface area contributed by atoms with Gasteiger partial charge in [0.1, 0.15) is 0 Å². The molecule has 0 aromatic rings. The maximum atomic E-state index is 9.50. The van der Waals surface area contributed by atoms with Crippen molar-refractivity contribution in [2.24, 2.45) is 0 Å². The van der Waals surface area contributed by atoms with Crippen molar-refractivity contribution in [3.8, 4) is 0 Å². The van der Waals surface area contributed by atoms with Gasteiger partial charge in [-0.05, 0) is 18.6 Å². The summed E-state index contributed by atoms with van der Waals surface area (Å²) in [4.78, 5) is 0. The molecule has 0 saturated carbocycles. The number of thiocarbonyl (C=S) groups is 1. The first-order valence-corrected chi connectivity index (χ1v) is 7.97. The zero-order chi connectivity index (χ0) is 13.6. The number of aliphatic hydroxyl groups is 2. The molecule has 0 radical (unpaired) electrons. The van der Waals surface area contributed by atoms with E-state index in [1.807, 2.05) is 0 Å². The largest absolute Gasteiger partial charge is 0.502 e. The molecule has 0 aliphatic carbocycles. The third kappa shape index (κ3) is 18.5. The summed E-state index contributed by atoms with van der Waals surface area (Å²) >= 11 is 4.55. The van der Waals surface area contributed by atoms with Crippen molar-refractivity contribution < 1.29 is 29.7 Å². The normalized spacial score (nSPS) is 11.9. The predicted molar refractivity (Wildman–Crippen MR) is 82.3 cm³/mol. The zero-order valence-corrected chi connectivity index (χ0v) is 16.4. The molecule has 2 nitrogen and oxygen atoms in total. The number of unbranched alkanes of at least 4 members (excludes halogenated alkanes) is 9. The zero-order valence-electron chi connectivity index (χ0n) is 12.6. The van der Waals surface area contributed by atoms with Crippen molar-refractivity contribution in [1.82, 2.24) is 0 Å². The molecule has 110 valence electrons. The van der Waals surface area contributed by atoms with Gasteiger partial charge in [-0.1, -0.05) is 71.1 Å². The number of rotatable bonds is 13. The van der Waals surface area contributed by atoms with Crippen molar-refractivity contribution in [2.75, 3.05) is 0 Å². The second kappa shape index (κ2) is 16.5. The molecule has 2 N–H and O–H groups in total. The molecule has 0 bridgehead atoms. The molecule has 4 heteroatoms. The van der Waals surface area contributed by atoms with Gasteiger partial charge in [0.15, 0.2) is 5.05 Å². The molecule has 0 aromatic heterocycles. The van der Waals surface area contributed by atoms with Gasteiger partial charge in [-0.25, -0.2) is 0 Å². The van der Waals surface area contributed by atoms with Crippen LogP contribution in [-0.4, -0.2) is 21.4 Å². The smallest absolute Gasteiger partial charge is 0.159 e. The minimum atomic E-state index is -0.448. The second-order valence-electron chi connectivity index (χ2n) is 5.22. The van der Waals surface area contributed by atoms with Gasteiger partial charge < -0.3 is 10.2 Å². The second-order valence-corrected chi connectivity index (χ2v) is 5.69. The Morgan fingerprint density at radius 3 is 1.74 bits per heavy atom. The summed E-state index contributed by atoms with van der Waals surface area (Å²) in [7, 11) is 0. The van der Waals surface area contributed by atoms with Crippen LogP contribution in [0.2, 0.25) is 0 Å². The molecule has 0 fully saturated rings. The molecule has 0 amide bonds. The Bertz CT molecular complexity index is 201. The molecule has 19 heavy (non-hydrogen) atoms. The van der Waals surface area contributed by atoms with Crippen LogP contribution in [0.1, 0.15) is 84.0 Å². The summed E-state index contributed by atoms with van der Waals surface area (Å²) in [6.07, 6.45) is 13.6. The van der Waals surface area contributed by atoms with E-state index in [1.165, 1.54) is 57.8 Å². The molecular formula is C15H30O2SZn. The Kier molecular flexibility index (Phi) is 18.9. The molecule has 0 spiro atoms. The summed E-state index contributed by atoms with van der Waals surface area (Å²) in [5.74, 6) is 0. The van der Waals surface area contributed by atoms with Gasteiger partial charge in [-0.2, -0.15) is 0 Å². The first kappa shape index (κ1) is 21.8. The molecule has 0 aliphatic rings. The van der Waals surface area contributed by atoms with Gasteiger partial charge >= 0.3 is 0 Å². The van der Waals surface area contributed by atoms with Crippen LogP contribution in [0, 0.1) is 0 Å². The van der Waals surface area contributed by atoms with Gasteiger partial charge in [0.05, 0.1) is 6.10 Å². The van der Waals surface area contributed by atoms with Crippen molar-refractivity contribution in [3.63, 3.8) is 0 Å². The van der Waals surface area contributed by atoms with Gasteiger partial charge in [0.25, 0.3) is 0 Å². The van der Waals surface area contributed by atoms with Crippen LogP contribution < -0.4 is 0 Å². The molecule has 0 rings (SSSR count). The van der Waals surface area contributed by atoms with Crippen LogP contribution in [0.15, 0.2) is 0 Å². The summed E-state index contributed by atoms with van der Waals surface area (Å²) in [5, 5.41) is 18.3. The topological polar surface area (TPSA) is 40.5 Å². The van der Waals surface area contributed by atoms with Gasteiger partial charge in [-0.3, -0.25) is 0 Å². The molecular weight excluding hydrogens is 310 g/mol. The van der Waals surface area contributed by atoms with Gasteiger partial charge in [0, 0.05) is 25.9 Å². The van der Waals surface area contributed by atoms with Gasteiger partial charge in [-0.15, -0.1) is 0 Å². The van der Waals surface area contributed by atoms with E-state index in [-0.39, 0.29) is 30.9 Å². The van der Waals surface area contributed by atoms with E-state index < -0.39 is 6.10 Å². The van der Waals surface area contributed by atoms with E-state index in [4.69, 9.17) is 5.11 Å². The van der Waals surface area contributed by atoms with Crippen LogP contribution in [0.3, 0.4) is 0 Å².